The maximum absolute atomic E-state index is 12.7. The lowest BCUT2D eigenvalue weighted by Gasteiger charge is -1.99. The first-order valence-corrected chi connectivity index (χ1v) is 3.29. The number of aliphatic hydroxyl groups excluding tert-OH is 1. The van der Waals surface area contributed by atoms with Gasteiger partial charge in [-0.3, -0.25) is 10.1 Å². The van der Waals surface area contributed by atoms with E-state index in [1.165, 1.54) is 0 Å². The molecule has 0 aliphatic heterocycles. The van der Waals surface area contributed by atoms with Crippen molar-refractivity contribution >= 4 is 5.69 Å². The normalized spacial score (nSPS) is 10.1. The van der Waals surface area contributed by atoms with E-state index in [-0.39, 0.29) is 0 Å². The minimum atomic E-state index is -1.33. The van der Waals surface area contributed by atoms with Crippen molar-refractivity contribution in [2.24, 2.45) is 0 Å². The molecule has 0 atom stereocenters. The third kappa shape index (κ3) is 1.78. The molecule has 1 N–H and O–H groups in total. The molecular formula is C7H5F2NO3. The second-order valence-corrected chi connectivity index (χ2v) is 2.32. The van der Waals surface area contributed by atoms with Crippen molar-refractivity contribution in [3.63, 3.8) is 0 Å². The van der Waals surface area contributed by atoms with Gasteiger partial charge in [0.05, 0.1) is 17.6 Å². The first-order chi connectivity index (χ1) is 6.06. The second-order valence-electron chi connectivity index (χ2n) is 2.32. The van der Waals surface area contributed by atoms with E-state index in [0.717, 1.165) is 6.07 Å². The van der Waals surface area contributed by atoms with Crippen LogP contribution in [0.3, 0.4) is 0 Å². The lowest BCUT2D eigenvalue weighted by Crippen LogP contribution is -1.97. The number of aliphatic hydroxyl groups is 1. The van der Waals surface area contributed by atoms with E-state index in [0.29, 0.717) is 6.07 Å². The van der Waals surface area contributed by atoms with E-state index in [2.05, 4.69) is 0 Å². The van der Waals surface area contributed by atoms with Gasteiger partial charge in [-0.15, -0.1) is 0 Å². The molecule has 0 unspecified atom stereocenters. The largest absolute Gasteiger partial charge is 0.392 e. The van der Waals surface area contributed by atoms with Gasteiger partial charge >= 0.3 is 0 Å². The van der Waals surface area contributed by atoms with Gasteiger partial charge in [0.15, 0.2) is 11.6 Å². The van der Waals surface area contributed by atoms with E-state index in [9.17, 15) is 18.9 Å². The molecule has 0 heterocycles. The third-order valence-corrected chi connectivity index (χ3v) is 1.47. The maximum Gasteiger partial charge on any atom is 0.272 e. The molecule has 0 aliphatic rings. The summed E-state index contributed by atoms with van der Waals surface area (Å²) < 4.78 is 25.3. The molecule has 1 aromatic rings. The number of rotatable bonds is 2. The van der Waals surface area contributed by atoms with E-state index < -0.39 is 34.4 Å². The predicted octanol–water partition coefficient (Wildman–Crippen LogP) is 1.37. The molecular weight excluding hydrogens is 184 g/mol. The molecule has 0 fully saturated rings. The highest BCUT2D eigenvalue weighted by atomic mass is 19.2. The van der Waals surface area contributed by atoms with Gasteiger partial charge in [-0.1, -0.05) is 0 Å². The summed E-state index contributed by atoms with van der Waals surface area (Å²) in [7, 11) is 0. The Labute approximate surface area is 71.6 Å². The summed E-state index contributed by atoms with van der Waals surface area (Å²) in [5.41, 5.74) is -1.00. The maximum atomic E-state index is 12.7. The van der Waals surface area contributed by atoms with E-state index in [1.807, 2.05) is 0 Å². The minimum Gasteiger partial charge on any atom is -0.392 e. The number of nitro benzene ring substituents is 1. The van der Waals surface area contributed by atoms with Crippen molar-refractivity contribution in [1.82, 2.24) is 0 Å². The van der Waals surface area contributed by atoms with Gasteiger partial charge in [0.2, 0.25) is 0 Å². The quantitative estimate of drug-likeness (QED) is 0.564. The van der Waals surface area contributed by atoms with Crippen molar-refractivity contribution in [1.29, 1.82) is 0 Å². The molecule has 0 saturated carbocycles. The van der Waals surface area contributed by atoms with E-state index >= 15 is 0 Å². The molecule has 6 heteroatoms. The first kappa shape index (κ1) is 9.53. The average Bonchev–Trinajstić information content (AvgIpc) is 2.09. The van der Waals surface area contributed by atoms with Crippen LogP contribution in [0.5, 0.6) is 0 Å². The van der Waals surface area contributed by atoms with Gasteiger partial charge in [-0.25, -0.2) is 8.78 Å². The number of non-ortho nitro benzene ring substituents is 1. The summed E-state index contributed by atoms with van der Waals surface area (Å²) in [5.74, 6) is -2.59. The fraction of sp³-hybridized carbons (Fsp3) is 0.143. The van der Waals surface area contributed by atoms with Crippen LogP contribution in [0.1, 0.15) is 5.56 Å². The predicted molar refractivity (Wildman–Crippen MR) is 38.9 cm³/mol. The smallest absolute Gasteiger partial charge is 0.272 e. The van der Waals surface area contributed by atoms with Gasteiger partial charge in [-0.05, 0) is 0 Å². The molecule has 4 nitrogen and oxygen atoms in total. The molecule has 0 aromatic heterocycles. The Morgan fingerprint density at radius 3 is 2.54 bits per heavy atom. The Morgan fingerprint density at radius 1 is 1.46 bits per heavy atom. The molecule has 0 spiro atoms. The van der Waals surface area contributed by atoms with Crippen LogP contribution < -0.4 is 0 Å². The molecule has 0 amide bonds. The van der Waals surface area contributed by atoms with Crippen molar-refractivity contribution in [3.8, 4) is 0 Å². The van der Waals surface area contributed by atoms with Crippen LogP contribution in [0, 0.1) is 21.7 Å². The highest BCUT2D eigenvalue weighted by Crippen LogP contribution is 2.20. The van der Waals surface area contributed by atoms with Crippen LogP contribution in [0.4, 0.5) is 14.5 Å². The third-order valence-electron chi connectivity index (χ3n) is 1.47. The Bertz CT molecular complexity index is 354. The van der Waals surface area contributed by atoms with Gasteiger partial charge in [0, 0.05) is 11.6 Å². The molecule has 13 heavy (non-hydrogen) atoms. The number of benzene rings is 1. The molecule has 70 valence electrons. The summed E-state index contributed by atoms with van der Waals surface area (Å²) in [4.78, 5) is 9.31. The highest BCUT2D eigenvalue weighted by molar-refractivity contribution is 5.35. The topological polar surface area (TPSA) is 63.4 Å². The molecule has 1 aromatic carbocycles. The lowest BCUT2D eigenvalue weighted by molar-refractivity contribution is -0.385. The monoisotopic (exact) mass is 189 g/mol. The molecule has 0 radical (unpaired) electrons. The number of hydrogen-bond acceptors (Lipinski definition) is 3. The number of halogens is 2. The fourth-order valence-corrected chi connectivity index (χ4v) is 0.851. The van der Waals surface area contributed by atoms with Gasteiger partial charge in [0.1, 0.15) is 0 Å². The van der Waals surface area contributed by atoms with Gasteiger partial charge in [-0.2, -0.15) is 0 Å². The van der Waals surface area contributed by atoms with Gasteiger partial charge in [0.25, 0.3) is 5.69 Å². The minimum absolute atomic E-state index is 0.424. The first-order valence-electron chi connectivity index (χ1n) is 3.29. The number of hydrogen-bond donors (Lipinski definition) is 1. The van der Waals surface area contributed by atoms with Crippen LogP contribution >= 0.6 is 0 Å². The SMILES string of the molecule is O=[N+]([O-])c1cc(F)c(F)c(CO)c1. The Morgan fingerprint density at radius 2 is 2.08 bits per heavy atom. The standard InChI is InChI=1S/C7H5F2NO3/c8-6-2-5(10(12)13)1-4(3-11)7(6)9/h1-2,11H,3H2. The van der Waals surface area contributed by atoms with Crippen molar-refractivity contribution < 1.29 is 18.8 Å². The molecule has 0 bridgehead atoms. The van der Waals surface area contributed by atoms with Crippen molar-refractivity contribution in [2.45, 2.75) is 6.61 Å². The molecule has 1 rings (SSSR count). The summed E-state index contributed by atoms with van der Waals surface area (Å²) in [6, 6.07) is 1.26. The van der Waals surface area contributed by atoms with Crippen LogP contribution in [0.2, 0.25) is 0 Å². The second kappa shape index (κ2) is 3.44. The highest BCUT2D eigenvalue weighted by Gasteiger charge is 2.15. The summed E-state index contributed by atoms with van der Waals surface area (Å²) in [6.45, 7) is -0.773. The van der Waals surface area contributed by atoms with Crippen LogP contribution in [0.25, 0.3) is 0 Å². The number of nitro groups is 1. The zero-order chi connectivity index (χ0) is 10.0. The van der Waals surface area contributed by atoms with E-state index in [1.54, 1.807) is 0 Å². The average molecular weight is 189 g/mol. The Hall–Kier alpha value is -1.56. The van der Waals surface area contributed by atoms with Crippen molar-refractivity contribution in [3.05, 3.63) is 39.4 Å². The zero-order valence-electron chi connectivity index (χ0n) is 6.33. The van der Waals surface area contributed by atoms with Crippen LogP contribution in [-0.4, -0.2) is 10.0 Å². The van der Waals surface area contributed by atoms with Gasteiger partial charge < -0.3 is 5.11 Å². The summed E-state index contributed by atoms with van der Waals surface area (Å²) in [6.07, 6.45) is 0. The van der Waals surface area contributed by atoms with Crippen molar-refractivity contribution in [2.75, 3.05) is 0 Å². The van der Waals surface area contributed by atoms with Crippen LogP contribution in [-0.2, 0) is 6.61 Å². The van der Waals surface area contributed by atoms with Crippen LogP contribution in [0.15, 0.2) is 12.1 Å². The number of nitrogens with zero attached hydrogens (tertiary/aromatic N) is 1. The molecule has 0 aliphatic carbocycles. The Balaban J connectivity index is 3.30. The Kier molecular flexibility index (Phi) is 2.52. The molecule has 0 saturated heterocycles. The summed E-state index contributed by atoms with van der Waals surface area (Å²) >= 11 is 0. The zero-order valence-corrected chi connectivity index (χ0v) is 6.33. The summed E-state index contributed by atoms with van der Waals surface area (Å²) in [5, 5.41) is 18.7. The fourth-order valence-electron chi connectivity index (χ4n) is 0.851. The van der Waals surface area contributed by atoms with E-state index in [4.69, 9.17) is 5.11 Å². The lowest BCUT2D eigenvalue weighted by atomic mass is 10.2.